The molecule has 0 radical (unpaired) electrons. The maximum absolute atomic E-state index is 13.4. The highest BCUT2D eigenvalue weighted by atomic mass is 19.4. The Kier molecular flexibility index (Phi) is 4.71. The van der Waals surface area contributed by atoms with Crippen LogP contribution in [0.25, 0.3) is 5.69 Å². The molecule has 0 atom stereocenters. The molecular weight excluding hydrogens is 347 g/mol. The third kappa shape index (κ3) is 3.42. The van der Waals surface area contributed by atoms with Crippen LogP contribution in [0.5, 0.6) is 0 Å². The van der Waals surface area contributed by atoms with E-state index in [2.05, 4.69) is 10.1 Å². The van der Waals surface area contributed by atoms with Gasteiger partial charge >= 0.3 is 6.18 Å². The van der Waals surface area contributed by atoms with E-state index in [0.29, 0.717) is 5.69 Å². The van der Waals surface area contributed by atoms with Gasteiger partial charge in [0, 0.05) is 5.92 Å². The average Bonchev–Trinajstić information content (AvgIpc) is 3.22. The predicted molar refractivity (Wildman–Crippen MR) is 89.9 cm³/mol. The van der Waals surface area contributed by atoms with E-state index in [1.807, 2.05) is 0 Å². The lowest BCUT2D eigenvalue weighted by Gasteiger charge is -2.18. The first kappa shape index (κ1) is 18.0. The molecule has 1 heterocycles. The largest absolute Gasteiger partial charge is 0.418 e. The van der Waals surface area contributed by atoms with Gasteiger partial charge in [-0.2, -0.15) is 23.3 Å². The smallest absolute Gasteiger partial charge is 0.370 e. The fourth-order valence-electron chi connectivity index (χ4n) is 3.38. The maximum atomic E-state index is 13.4. The van der Waals surface area contributed by atoms with Gasteiger partial charge in [0.25, 0.3) is 5.91 Å². The molecule has 1 aliphatic rings. The van der Waals surface area contributed by atoms with Crippen LogP contribution in [0.3, 0.4) is 0 Å². The van der Waals surface area contributed by atoms with Crippen LogP contribution in [0.1, 0.15) is 53.2 Å². The molecule has 26 heavy (non-hydrogen) atoms. The number of aliphatic imine (C=N–C) groups is 1. The summed E-state index contributed by atoms with van der Waals surface area (Å²) >= 11 is 0. The number of amides is 1. The van der Waals surface area contributed by atoms with E-state index in [1.165, 1.54) is 29.1 Å². The lowest BCUT2D eigenvalue weighted by Crippen LogP contribution is -2.24. The molecule has 0 unspecified atom stereocenters. The molecule has 6 nitrogen and oxygen atoms in total. The molecule has 0 saturated heterocycles. The number of rotatable bonds is 3. The second-order valence-electron chi connectivity index (χ2n) is 6.19. The minimum atomic E-state index is -4.54. The Hall–Kier alpha value is -2.84. The Morgan fingerprint density at radius 2 is 1.85 bits per heavy atom. The first-order chi connectivity index (χ1) is 12.3. The number of hydrogen-bond donors (Lipinski definition) is 2. The van der Waals surface area contributed by atoms with Crippen LogP contribution in [-0.2, 0) is 6.18 Å². The molecule has 1 aromatic heterocycles. The number of alkyl halides is 3. The van der Waals surface area contributed by atoms with Crippen LogP contribution in [0.15, 0.2) is 35.5 Å². The molecule has 4 N–H and O–H groups in total. The third-order valence-electron chi connectivity index (χ3n) is 4.45. The highest BCUT2D eigenvalue weighted by Gasteiger charge is 2.36. The summed E-state index contributed by atoms with van der Waals surface area (Å²) in [6, 6.07) is 5.15. The second-order valence-corrected chi connectivity index (χ2v) is 6.19. The monoisotopic (exact) mass is 365 g/mol. The number of nitrogens with zero attached hydrogens (tertiary/aromatic N) is 3. The van der Waals surface area contributed by atoms with E-state index in [9.17, 15) is 18.0 Å². The van der Waals surface area contributed by atoms with Crippen molar-refractivity contribution in [1.82, 2.24) is 9.78 Å². The van der Waals surface area contributed by atoms with Crippen molar-refractivity contribution in [2.75, 3.05) is 0 Å². The Bertz CT molecular complexity index is 846. The first-order valence-electron chi connectivity index (χ1n) is 8.17. The van der Waals surface area contributed by atoms with Crippen LogP contribution in [0.2, 0.25) is 0 Å². The van der Waals surface area contributed by atoms with Crippen molar-refractivity contribution in [1.29, 1.82) is 0 Å². The van der Waals surface area contributed by atoms with Crippen molar-refractivity contribution in [3.63, 3.8) is 0 Å². The Morgan fingerprint density at radius 1 is 1.19 bits per heavy atom. The molecule has 1 aliphatic carbocycles. The number of halogens is 3. The zero-order valence-corrected chi connectivity index (χ0v) is 13.8. The molecule has 1 fully saturated rings. The predicted octanol–water partition coefficient (Wildman–Crippen LogP) is 2.96. The van der Waals surface area contributed by atoms with Gasteiger partial charge in [-0.15, -0.1) is 0 Å². The molecule has 1 amide bonds. The normalized spacial score (nSPS) is 15.2. The van der Waals surface area contributed by atoms with Crippen molar-refractivity contribution in [3.8, 4) is 5.69 Å². The van der Waals surface area contributed by atoms with Crippen molar-refractivity contribution >= 4 is 11.9 Å². The standard InChI is InChI=1S/C17H18F3N5O/c18-17(19,20)12-7-3-4-8-13(12)25-14(10-5-1-2-6-10)11(9-23-25)15(26)24-16(21)22/h3-4,7-10H,1-2,5-6H2,(H4,21,22,24,26). The molecule has 9 heteroatoms. The van der Waals surface area contributed by atoms with E-state index in [0.717, 1.165) is 31.7 Å². The number of nitrogens with two attached hydrogens (primary N) is 2. The topological polar surface area (TPSA) is 99.3 Å². The summed E-state index contributed by atoms with van der Waals surface area (Å²) in [6.45, 7) is 0. The van der Waals surface area contributed by atoms with E-state index in [-0.39, 0.29) is 17.2 Å². The lowest BCUT2D eigenvalue weighted by atomic mass is 9.99. The highest BCUT2D eigenvalue weighted by molar-refractivity contribution is 6.02. The Morgan fingerprint density at radius 3 is 2.46 bits per heavy atom. The van der Waals surface area contributed by atoms with Crippen LogP contribution < -0.4 is 11.5 Å². The van der Waals surface area contributed by atoms with Crippen molar-refractivity contribution < 1.29 is 18.0 Å². The van der Waals surface area contributed by atoms with Gasteiger partial charge in [-0.1, -0.05) is 25.0 Å². The zero-order valence-electron chi connectivity index (χ0n) is 13.8. The quantitative estimate of drug-likeness (QED) is 0.645. The van der Waals surface area contributed by atoms with Gasteiger partial charge in [-0.05, 0) is 25.0 Å². The lowest BCUT2D eigenvalue weighted by molar-refractivity contribution is -0.137. The summed E-state index contributed by atoms with van der Waals surface area (Å²) in [7, 11) is 0. The zero-order chi connectivity index (χ0) is 18.9. The molecule has 2 aromatic rings. The highest BCUT2D eigenvalue weighted by Crippen LogP contribution is 2.39. The Labute approximate surface area is 147 Å². The summed E-state index contributed by atoms with van der Waals surface area (Å²) in [5.74, 6) is -1.19. The van der Waals surface area contributed by atoms with Crippen LogP contribution in [-0.4, -0.2) is 21.6 Å². The first-order valence-corrected chi connectivity index (χ1v) is 8.17. The van der Waals surface area contributed by atoms with Crippen molar-refractivity contribution in [2.45, 2.75) is 37.8 Å². The summed E-state index contributed by atoms with van der Waals surface area (Å²) in [5.41, 5.74) is 10.1. The van der Waals surface area contributed by atoms with Gasteiger partial charge in [0.15, 0.2) is 5.96 Å². The van der Waals surface area contributed by atoms with E-state index in [1.54, 1.807) is 0 Å². The average molecular weight is 365 g/mol. The molecule has 1 aromatic carbocycles. The molecule has 1 saturated carbocycles. The fraction of sp³-hybridized carbons (Fsp3) is 0.353. The fourth-order valence-corrected chi connectivity index (χ4v) is 3.38. The number of guanidine groups is 1. The molecule has 0 aliphatic heterocycles. The summed E-state index contributed by atoms with van der Waals surface area (Å²) < 4.78 is 41.5. The number of benzene rings is 1. The summed E-state index contributed by atoms with van der Waals surface area (Å²) in [5, 5.41) is 4.08. The third-order valence-corrected chi connectivity index (χ3v) is 4.45. The van der Waals surface area contributed by atoms with Crippen molar-refractivity contribution in [3.05, 3.63) is 47.3 Å². The maximum Gasteiger partial charge on any atom is 0.418 e. The number of carbonyl (C=O) groups excluding carboxylic acids is 1. The van der Waals surface area contributed by atoms with E-state index in [4.69, 9.17) is 11.5 Å². The molecule has 0 spiro atoms. The van der Waals surface area contributed by atoms with Gasteiger partial charge < -0.3 is 11.5 Å². The van der Waals surface area contributed by atoms with Gasteiger partial charge in [-0.25, -0.2) is 4.68 Å². The molecule has 0 bridgehead atoms. The van der Waals surface area contributed by atoms with Gasteiger partial charge in [0.05, 0.1) is 28.7 Å². The van der Waals surface area contributed by atoms with Crippen LogP contribution >= 0.6 is 0 Å². The molecule has 138 valence electrons. The summed E-state index contributed by atoms with van der Waals surface area (Å²) in [6.07, 6.45) is 0.0957. The molecular formula is C17H18F3N5O. The minimum Gasteiger partial charge on any atom is -0.370 e. The number of aromatic nitrogens is 2. The minimum absolute atomic E-state index is 0.0769. The number of carbonyl (C=O) groups is 1. The van der Waals surface area contributed by atoms with Gasteiger partial charge in [-0.3, -0.25) is 4.79 Å². The summed E-state index contributed by atoms with van der Waals surface area (Å²) in [4.78, 5) is 15.9. The Balaban J connectivity index is 2.19. The second kappa shape index (κ2) is 6.81. The number of para-hydroxylation sites is 1. The SMILES string of the molecule is NC(N)=NC(=O)c1cnn(-c2ccccc2C(F)(F)F)c1C1CCCC1. The van der Waals surface area contributed by atoms with Crippen LogP contribution in [0.4, 0.5) is 13.2 Å². The van der Waals surface area contributed by atoms with Crippen LogP contribution in [0, 0.1) is 0 Å². The van der Waals surface area contributed by atoms with Gasteiger partial charge in [0.2, 0.25) is 0 Å². The molecule has 3 rings (SSSR count). The number of hydrogen-bond acceptors (Lipinski definition) is 2. The van der Waals surface area contributed by atoms with E-state index < -0.39 is 23.6 Å². The van der Waals surface area contributed by atoms with E-state index >= 15 is 0 Å². The van der Waals surface area contributed by atoms with Gasteiger partial charge in [0.1, 0.15) is 0 Å². The van der Waals surface area contributed by atoms with Crippen molar-refractivity contribution in [2.24, 2.45) is 16.5 Å².